The van der Waals surface area contributed by atoms with Gasteiger partial charge in [0.15, 0.2) is 0 Å². The number of aliphatic hydroxyl groups is 1. The van der Waals surface area contributed by atoms with E-state index < -0.39 is 17.7 Å². The molecule has 0 aliphatic carbocycles. The lowest BCUT2D eigenvalue weighted by atomic mass is 9.95. The third kappa shape index (κ3) is 4.16. The second-order valence-electron chi connectivity index (χ2n) is 7.30. The SMILES string of the molecule is COc1ccc(C(O)=C2C(=O)C(=O)N(CCN(C)C)[C@H]2c2cccc(OC)c2)cc1. The van der Waals surface area contributed by atoms with Gasteiger partial charge in [-0.2, -0.15) is 0 Å². The summed E-state index contributed by atoms with van der Waals surface area (Å²) < 4.78 is 10.5. The molecule has 1 amide bonds. The quantitative estimate of drug-likeness (QED) is 0.430. The van der Waals surface area contributed by atoms with Gasteiger partial charge in [0, 0.05) is 18.7 Å². The highest BCUT2D eigenvalue weighted by Gasteiger charge is 2.46. The van der Waals surface area contributed by atoms with Crippen LogP contribution in [-0.2, 0) is 9.59 Å². The Morgan fingerprint density at radius 2 is 1.70 bits per heavy atom. The molecule has 0 saturated carbocycles. The van der Waals surface area contributed by atoms with Gasteiger partial charge in [-0.3, -0.25) is 9.59 Å². The lowest BCUT2D eigenvalue weighted by Gasteiger charge is -2.26. The fourth-order valence-electron chi connectivity index (χ4n) is 3.48. The van der Waals surface area contributed by atoms with Gasteiger partial charge in [0.2, 0.25) is 0 Å². The molecule has 7 nitrogen and oxygen atoms in total. The average Bonchev–Trinajstić information content (AvgIpc) is 3.02. The van der Waals surface area contributed by atoms with Crippen LogP contribution in [0.1, 0.15) is 17.2 Å². The molecule has 7 heteroatoms. The van der Waals surface area contributed by atoms with Gasteiger partial charge in [0.1, 0.15) is 17.3 Å². The number of hydrogen-bond acceptors (Lipinski definition) is 6. The average molecular weight is 410 g/mol. The molecular weight excluding hydrogens is 384 g/mol. The summed E-state index contributed by atoms with van der Waals surface area (Å²) >= 11 is 0. The van der Waals surface area contributed by atoms with Gasteiger partial charge in [-0.05, 0) is 56.1 Å². The lowest BCUT2D eigenvalue weighted by Crippen LogP contribution is -2.35. The largest absolute Gasteiger partial charge is 0.507 e. The number of carbonyl (C=O) groups is 2. The van der Waals surface area contributed by atoms with Gasteiger partial charge in [0.25, 0.3) is 11.7 Å². The molecule has 2 aromatic rings. The maximum atomic E-state index is 13.0. The first-order valence-electron chi connectivity index (χ1n) is 9.59. The maximum absolute atomic E-state index is 13.0. The summed E-state index contributed by atoms with van der Waals surface area (Å²) in [5, 5.41) is 11.0. The number of benzene rings is 2. The van der Waals surface area contributed by atoms with Crippen LogP contribution in [-0.4, -0.2) is 68.0 Å². The minimum Gasteiger partial charge on any atom is -0.507 e. The molecule has 0 bridgehead atoms. The van der Waals surface area contributed by atoms with Gasteiger partial charge in [-0.25, -0.2) is 0 Å². The molecule has 1 saturated heterocycles. The van der Waals surface area contributed by atoms with E-state index in [0.29, 0.717) is 35.7 Å². The van der Waals surface area contributed by atoms with Gasteiger partial charge in [-0.15, -0.1) is 0 Å². The third-order valence-corrected chi connectivity index (χ3v) is 5.10. The lowest BCUT2D eigenvalue weighted by molar-refractivity contribution is -0.140. The van der Waals surface area contributed by atoms with E-state index in [1.54, 1.807) is 56.7 Å². The van der Waals surface area contributed by atoms with Crippen LogP contribution in [0, 0.1) is 0 Å². The van der Waals surface area contributed by atoms with Gasteiger partial charge >= 0.3 is 0 Å². The van der Waals surface area contributed by atoms with E-state index in [-0.39, 0.29) is 11.3 Å². The van der Waals surface area contributed by atoms with Crippen molar-refractivity contribution in [3.05, 3.63) is 65.2 Å². The van der Waals surface area contributed by atoms with Crippen LogP contribution in [0.5, 0.6) is 11.5 Å². The summed E-state index contributed by atoms with van der Waals surface area (Å²) in [7, 11) is 6.90. The van der Waals surface area contributed by atoms with E-state index in [0.717, 1.165) is 0 Å². The van der Waals surface area contributed by atoms with E-state index in [4.69, 9.17) is 9.47 Å². The Morgan fingerprint density at radius 3 is 2.30 bits per heavy atom. The molecule has 1 N–H and O–H groups in total. The number of amides is 1. The number of ether oxygens (including phenoxy) is 2. The van der Waals surface area contributed by atoms with Crippen molar-refractivity contribution in [1.82, 2.24) is 9.80 Å². The Morgan fingerprint density at radius 1 is 1.03 bits per heavy atom. The van der Waals surface area contributed by atoms with Crippen LogP contribution < -0.4 is 9.47 Å². The number of rotatable bonds is 7. The summed E-state index contributed by atoms with van der Waals surface area (Å²) in [6.07, 6.45) is 0. The van der Waals surface area contributed by atoms with E-state index in [2.05, 4.69) is 0 Å². The first kappa shape index (κ1) is 21.4. The minimum absolute atomic E-state index is 0.0668. The fraction of sp³-hybridized carbons (Fsp3) is 0.304. The van der Waals surface area contributed by atoms with E-state index in [1.165, 1.54) is 4.90 Å². The van der Waals surface area contributed by atoms with Crippen molar-refractivity contribution in [2.24, 2.45) is 0 Å². The molecule has 30 heavy (non-hydrogen) atoms. The van der Waals surface area contributed by atoms with Crippen molar-refractivity contribution in [1.29, 1.82) is 0 Å². The Hall–Kier alpha value is -3.32. The number of Topliss-reactive ketones (excluding diaryl/α,β-unsaturated/α-hetero) is 1. The molecule has 2 aromatic carbocycles. The summed E-state index contributed by atoms with van der Waals surface area (Å²) in [5.41, 5.74) is 1.20. The number of nitrogens with zero attached hydrogens (tertiary/aromatic N) is 2. The highest BCUT2D eigenvalue weighted by Crippen LogP contribution is 2.40. The van der Waals surface area contributed by atoms with Crippen molar-refractivity contribution in [2.75, 3.05) is 41.4 Å². The van der Waals surface area contributed by atoms with E-state index >= 15 is 0 Å². The van der Waals surface area contributed by atoms with Gasteiger partial charge < -0.3 is 24.4 Å². The maximum Gasteiger partial charge on any atom is 0.295 e. The summed E-state index contributed by atoms with van der Waals surface area (Å²) in [4.78, 5) is 29.3. The first-order valence-corrected chi connectivity index (χ1v) is 9.59. The Kier molecular flexibility index (Phi) is 6.42. The predicted octanol–water partition coefficient (Wildman–Crippen LogP) is 2.69. The Balaban J connectivity index is 2.13. The molecule has 1 aliphatic heterocycles. The zero-order valence-electron chi connectivity index (χ0n) is 17.6. The van der Waals surface area contributed by atoms with Gasteiger partial charge in [0.05, 0.1) is 25.8 Å². The zero-order chi connectivity index (χ0) is 21.8. The molecule has 1 atom stereocenters. The summed E-state index contributed by atoms with van der Waals surface area (Å²) in [6.45, 7) is 0.926. The monoisotopic (exact) mass is 410 g/mol. The molecule has 0 unspecified atom stereocenters. The fourth-order valence-corrected chi connectivity index (χ4v) is 3.48. The molecule has 1 aliphatic rings. The molecule has 0 aromatic heterocycles. The van der Waals surface area contributed by atoms with Crippen molar-refractivity contribution in [3.8, 4) is 11.5 Å². The predicted molar refractivity (Wildman–Crippen MR) is 114 cm³/mol. The molecule has 1 fully saturated rings. The number of methoxy groups -OCH3 is 2. The highest BCUT2D eigenvalue weighted by molar-refractivity contribution is 6.46. The number of likely N-dealkylation sites (N-methyl/N-ethyl adjacent to an activating group) is 1. The van der Waals surface area contributed by atoms with Crippen LogP contribution in [0.4, 0.5) is 0 Å². The minimum atomic E-state index is -0.706. The van der Waals surface area contributed by atoms with Crippen LogP contribution in [0.25, 0.3) is 5.76 Å². The van der Waals surface area contributed by atoms with Crippen molar-refractivity contribution < 1.29 is 24.2 Å². The van der Waals surface area contributed by atoms with Crippen LogP contribution in [0.2, 0.25) is 0 Å². The van der Waals surface area contributed by atoms with Gasteiger partial charge in [-0.1, -0.05) is 12.1 Å². The number of hydrogen-bond donors (Lipinski definition) is 1. The molecule has 0 radical (unpaired) electrons. The number of likely N-dealkylation sites (tertiary alicyclic amines) is 1. The molecule has 1 heterocycles. The van der Waals surface area contributed by atoms with Crippen molar-refractivity contribution >= 4 is 17.4 Å². The summed E-state index contributed by atoms with van der Waals surface area (Å²) in [5.74, 6) is -0.303. The molecule has 158 valence electrons. The summed E-state index contributed by atoms with van der Waals surface area (Å²) in [6, 6.07) is 13.2. The molecule has 3 rings (SSSR count). The zero-order valence-corrected chi connectivity index (χ0v) is 17.6. The molecule has 0 spiro atoms. The van der Waals surface area contributed by atoms with Crippen LogP contribution in [0.15, 0.2) is 54.1 Å². The van der Waals surface area contributed by atoms with E-state index in [9.17, 15) is 14.7 Å². The third-order valence-electron chi connectivity index (χ3n) is 5.10. The second-order valence-corrected chi connectivity index (χ2v) is 7.30. The number of ketones is 1. The topological polar surface area (TPSA) is 79.3 Å². The van der Waals surface area contributed by atoms with Crippen molar-refractivity contribution in [3.63, 3.8) is 0 Å². The van der Waals surface area contributed by atoms with Crippen molar-refractivity contribution in [2.45, 2.75) is 6.04 Å². The second kappa shape index (κ2) is 9.00. The first-order chi connectivity index (χ1) is 14.4. The number of carbonyl (C=O) groups excluding carboxylic acids is 2. The number of aliphatic hydroxyl groups excluding tert-OH is 1. The van der Waals surface area contributed by atoms with Crippen LogP contribution >= 0.6 is 0 Å². The Labute approximate surface area is 176 Å². The normalized spacial score (nSPS) is 18.2. The molecular formula is C23H26N2O5. The highest BCUT2D eigenvalue weighted by atomic mass is 16.5. The standard InChI is InChI=1S/C23H26N2O5/c1-24(2)12-13-25-20(16-6-5-7-18(14-16)30-4)19(22(27)23(25)28)21(26)15-8-10-17(29-3)11-9-15/h5-11,14,20,26H,12-13H2,1-4H3/t20-/m0/s1. The smallest absolute Gasteiger partial charge is 0.295 e. The van der Waals surface area contributed by atoms with E-state index in [1.807, 2.05) is 25.1 Å². The van der Waals surface area contributed by atoms with Crippen LogP contribution in [0.3, 0.4) is 0 Å². The Bertz CT molecular complexity index is 966.